The van der Waals surface area contributed by atoms with Crippen LogP contribution in [0.1, 0.15) is 0 Å². The van der Waals surface area contributed by atoms with Crippen molar-refractivity contribution in [3.8, 4) is 33.8 Å². The molecule has 0 heterocycles. The quantitative estimate of drug-likeness (QED) is 0.245. The molecule has 0 spiro atoms. The Hall–Kier alpha value is -3.80. The summed E-state index contributed by atoms with van der Waals surface area (Å²) in [6, 6.07) is 19.5. The van der Waals surface area contributed by atoms with E-state index in [1.165, 1.54) is 72.8 Å². The number of hydrogen-bond donors (Lipinski definition) is 0. The van der Waals surface area contributed by atoms with Gasteiger partial charge in [-0.3, -0.25) is 0 Å². The molecule has 4 aromatic carbocycles. The maximum Gasteiger partial charge on any atom is 0.230 e. The number of ether oxygens (including phenoxy) is 2. The summed E-state index contributed by atoms with van der Waals surface area (Å²) in [5, 5.41) is 0. The van der Waals surface area contributed by atoms with E-state index in [1.54, 1.807) is 12.1 Å². The van der Waals surface area contributed by atoms with Gasteiger partial charge >= 0.3 is 0 Å². The smallest absolute Gasteiger partial charge is 0.230 e. The number of halogens is 4. The van der Waals surface area contributed by atoms with E-state index in [0.717, 1.165) is 0 Å². The highest BCUT2D eigenvalue weighted by Crippen LogP contribution is 2.28. The first kappa shape index (κ1) is 20.5. The number of hydrogen-bond acceptors (Lipinski definition) is 2. The molecule has 0 aliphatic rings. The molecule has 0 radical (unpaired) electrons. The predicted octanol–water partition coefficient (Wildman–Crippen LogP) is 6.99. The molecule has 0 amide bonds. The van der Waals surface area contributed by atoms with Crippen molar-refractivity contribution in [3.05, 3.63) is 108 Å². The Morgan fingerprint density at radius 2 is 0.871 bits per heavy atom. The van der Waals surface area contributed by atoms with Crippen molar-refractivity contribution in [2.75, 3.05) is 6.79 Å². The Morgan fingerprint density at radius 1 is 0.484 bits per heavy atom. The molecular formula is C25H16F4O2. The lowest BCUT2D eigenvalue weighted by atomic mass is 10.1. The van der Waals surface area contributed by atoms with Gasteiger partial charge in [0.15, 0.2) is 0 Å². The van der Waals surface area contributed by atoms with Gasteiger partial charge < -0.3 is 9.47 Å². The highest BCUT2D eigenvalue weighted by molar-refractivity contribution is 5.65. The predicted molar refractivity (Wildman–Crippen MR) is 110 cm³/mol. The fourth-order valence-corrected chi connectivity index (χ4v) is 3.06. The Morgan fingerprint density at radius 3 is 1.23 bits per heavy atom. The van der Waals surface area contributed by atoms with Gasteiger partial charge in [-0.15, -0.1) is 0 Å². The van der Waals surface area contributed by atoms with Crippen LogP contribution < -0.4 is 9.47 Å². The molecule has 2 nitrogen and oxygen atoms in total. The van der Waals surface area contributed by atoms with Gasteiger partial charge in [0.05, 0.1) is 0 Å². The fraction of sp³-hybridized carbons (Fsp3) is 0.0400. The first-order valence-corrected chi connectivity index (χ1v) is 9.36. The van der Waals surface area contributed by atoms with Crippen LogP contribution in [-0.2, 0) is 0 Å². The first-order valence-electron chi connectivity index (χ1n) is 9.36. The molecule has 0 aromatic heterocycles. The van der Waals surface area contributed by atoms with E-state index in [9.17, 15) is 17.6 Å². The highest BCUT2D eigenvalue weighted by Gasteiger charge is 2.09. The summed E-state index contributed by atoms with van der Waals surface area (Å²) < 4.78 is 65.6. The van der Waals surface area contributed by atoms with Crippen molar-refractivity contribution in [3.63, 3.8) is 0 Å². The van der Waals surface area contributed by atoms with Gasteiger partial charge in [0.2, 0.25) is 6.79 Å². The Kier molecular flexibility index (Phi) is 5.89. The Bertz CT molecular complexity index is 1090. The molecule has 4 rings (SSSR count). The van der Waals surface area contributed by atoms with Crippen LogP contribution in [0, 0.1) is 23.3 Å². The third-order valence-electron chi connectivity index (χ3n) is 4.64. The molecule has 31 heavy (non-hydrogen) atoms. The maximum absolute atomic E-state index is 14.4. The van der Waals surface area contributed by atoms with Crippen molar-refractivity contribution >= 4 is 0 Å². The van der Waals surface area contributed by atoms with Crippen molar-refractivity contribution in [1.29, 1.82) is 0 Å². The zero-order valence-corrected chi connectivity index (χ0v) is 16.1. The largest absolute Gasteiger partial charge is 0.457 e. The van der Waals surface area contributed by atoms with E-state index < -0.39 is 23.3 Å². The minimum absolute atomic E-state index is 0.228. The molecule has 0 N–H and O–H groups in total. The van der Waals surface area contributed by atoms with E-state index in [0.29, 0.717) is 22.3 Å². The molecule has 0 fully saturated rings. The standard InChI is InChI=1S/C25H16F4O2/c26-18-5-1-16(2-6-18)22-11-9-20(13-24(22)28)30-15-31-21-10-12-23(25(29)14-21)17-3-7-19(27)8-4-17/h1-14H,15H2. The molecule has 0 atom stereocenters. The van der Waals surface area contributed by atoms with E-state index in [-0.39, 0.29) is 18.3 Å². The zero-order chi connectivity index (χ0) is 21.8. The second kappa shape index (κ2) is 8.92. The number of benzene rings is 4. The molecule has 0 unspecified atom stereocenters. The summed E-state index contributed by atoms with van der Waals surface area (Å²) in [4.78, 5) is 0. The molecule has 0 bridgehead atoms. The van der Waals surface area contributed by atoms with Crippen LogP contribution in [0.25, 0.3) is 22.3 Å². The summed E-state index contributed by atoms with van der Waals surface area (Å²) >= 11 is 0. The third-order valence-corrected chi connectivity index (χ3v) is 4.64. The van der Waals surface area contributed by atoms with Crippen LogP contribution in [0.2, 0.25) is 0 Å². The minimum atomic E-state index is -0.529. The molecule has 6 heteroatoms. The summed E-state index contributed by atoms with van der Waals surface area (Å²) in [6.07, 6.45) is 0. The van der Waals surface area contributed by atoms with Gasteiger partial charge in [-0.05, 0) is 59.7 Å². The van der Waals surface area contributed by atoms with Gasteiger partial charge in [-0.25, -0.2) is 17.6 Å². The number of rotatable bonds is 6. The maximum atomic E-state index is 14.4. The minimum Gasteiger partial charge on any atom is -0.457 e. The fourth-order valence-electron chi connectivity index (χ4n) is 3.06. The summed E-state index contributed by atoms with van der Waals surface area (Å²) in [5.74, 6) is -1.40. The van der Waals surface area contributed by atoms with E-state index >= 15 is 0 Å². The molecule has 156 valence electrons. The van der Waals surface area contributed by atoms with Crippen molar-refractivity contribution in [2.24, 2.45) is 0 Å². The van der Waals surface area contributed by atoms with Gasteiger partial charge in [0, 0.05) is 23.3 Å². The molecule has 4 aromatic rings. The SMILES string of the molecule is Fc1ccc(-c2ccc(OCOc3ccc(-c4ccc(F)cc4)c(F)c3)cc2F)cc1. The highest BCUT2D eigenvalue weighted by atomic mass is 19.1. The molecule has 0 aliphatic heterocycles. The van der Waals surface area contributed by atoms with Crippen molar-refractivity contribution < 1.29 is 27.0 Å². The lowest BCUT2D eigenvalue weighted by molar-refractivity contribution is 0.119. The molecule has 0 saturated heterocycles. The van der Waals surface area contributed by atoms with Crippen LogP contribution in [0.5, 0.6) is 11.5 Å². The lowest BCUT2D eigenvalue weighted by Crippen LogP contribution is -2.06. The van der Waals surface area contributed by atoms with Crippen molar-refractivity contribution in [2.45, 2.75) is 0 Å². The monoisotopic (exact) mass is 424 g/mol. The van der Waals surface area contributed by atoms with Crippen LogP contribution in [0.3, 0.4) is 0 Å². The summed E-state index contributed by atoms with van der Waals surface area (Å²) in [5.41, 5.74) is 1.70. The summed E-state index contributed by atoms with van der Waals surface area (Å²) in [7, 11) is 0. The second-order valence-electron chi connectivity index (χ2n) is 6.70. The topological polar surface area (TPSA) is 18.5 Å². The van der Waals surface area contributed by atoms with E-state index in [1.807, 2.05) is 0 Å². The second-order valence-corrected chi connectivity index (χ2v) is 6.70. The normalized spacial score (nSPS) is 10.7. The Labute approximate surface area is 176 Å². The van der Waals surface area contributed by atoms with Gasteiger partial charge in [0.1, 0.15) is 34.8 Å². The molecule has 0 saturated carbocycles. The van der Waals surface area contributed by atoms with Crippen LogP contribution in [-0.4, -0.2) is 6.79 Å². The summed E-state index contributed by atoms with van der Waals surface area (Å²) in [6.45, 7) is -0.259. The molecular weight excluding hydrogens is 408 g/mol. The Balaban J connectivity index is 1.39. The average Bonchev–Trinajstić information content (AvgIpc) is 2.76. The van der Waals surface area contributed by atoms with Gasteiger partial charge in [0.25, 0.3) is 0 Å². The lowest BCUT2D eigenvalue weighted by Gasteiger charge is -2.11. The van der Waals surface area contributed by atoms with Crippen molar-refractivity contribution in [1.82, 2.24) is 0 Å². The van der Waals surface area contributed by atoms with Crippen LogP contribution in [0.15, 0.2) is 84.9 Å². The molecule has 0 aliphatic carbocycles. The van der Waals surface area contributed by atoms with Gasteiger partial charge in [-0.2, -0.15) is 0 Å². The van der Waals surface area contributed by atoms with Crippen LogP contribution >= 0.6 is 0 Å². The zero-order valence-electron chi connectivity index (χ0n) is 16.1. The first-order chi connectivity index (χ1) is 15.0. The third kappa shape index (κ3) is 4.86. The van der Waals surface area contributed by atoms with Gasteiger partial charge in [-0.1, -0.05) is 24.3 Å². The van der Waals surface area contributed by atoms with E-state index in [4.69, 9.17) is 9.47 Å². The average molecular weight is 424 g/mol. The van der Waals surface area contributed by atoms with Crippen LogP contribution in [0.4, 0.5) is 17.6 Å². The van der Waals surface area contributed by atoms with E-state index in [2.05, 4.69) is 0 Å².